The Morgan fingerprint density at radius 3 is 2.86 bits per heavy atom. The Kier molecular flexibility index (Phi) is 5.13. The summed E-state index contributed by atoms with van der Waals surface area (Å²) in [7, 11) is 0. The predicted octanol–water partition coefficient (Wildman–Crippen LogP) is 3.33. The second-order valence-corrected chi connectivity index (χ2v) is 4.92. The van der Waals surface area contributed by atoms with Crippen molar-refractivity contribution >= 4 is 17.4 Å². The predicted molar refractivity (Wildman–Crippen MR) is 81.7 cm³/mol. The lowest BCUT2D eigenvalue weighted by Crippen LogP contribution is -2.36. The highest BCUT2D eigenvalue weighted by Crippen LogP contribution is 2.16. The summed E-state index contributed by atoms with van der Waals surface area (Å²) in [5.41, 5.74) is 0.314. The van der Waals surface area contributed by atoms with Crippen LogP contribution in [-0.2, 0) is 6.42 Å². The number of benzene rings is 1. The van der Waals surface area contributed by atoms with Crippen LogP contribution >= 0.6 is 0 Å². The summed E-state index contributed by atoms with van der Waals surface area (Å²) < 4.78 is 5.23. The normalized spacial score (nSPS) is 11.7. The molecule has 0 fully saturated rings. The molecule has 2 N–H and O–H groups in total. The number of amides is 2. The zero-order valence-electron chi connectivity index (χ0n) is 12.1. The molecule has 2 aromatic rings. The molecule has 0 radical (unpaired) electrons. The molecule has 22 heavy (non-hydrogen) atoms. The number of nitro benzene ring substituents is 1. The van der Waals surface area contributed by atoms with Gasteiger partial charge < -0.3 is 15.1 Å². The summed E-state index contributed by atoms with van der Waals surface area (Å²) in [4.78, 5) is 22.0. The van der Waals surface area contributed by atoms with Crippen LogP contribution in [0, 0.1) is 10.1 Å². The van der Waals surface area contributed by atoms with E-state index >= 15 is 0 Å². The number of rotatable bonds is 6. The van der Waals surface area contributed by atoms with E-state index in [0.717, 1.165) is 18.6 Å². The van der Waals surface area contributed by atoms with Gasteiger partial charge in [-0.15, -0.1) is 0 Å². The zero-order valence-corrected chi connectivity index (χ0v) is 12.1. The van der Waals surface area contributed by atoms with Crippen LogP contribution in [0.5, 0.6) is 0 Å². The number of hydrogen-bond acceptors (Lipinski definition) is 4. The van der Waals surface area contributed by atoms with Gasteiger partial charge in [0.15, 0.2) is 0 Å². The first-order chi connectivity index (χ1) is 10.5. The number of hydrogen-bond donors (Lipinski definition) is 2. The van der Waals surface area contributed by atoms with E-state index in [1.807, 2.05) is 19.1 Å². The van der Waals surface area contributed by atoms with E-state index < -0.39 is 11.0 Å². The van der Waals surface area contributed by atoms with Crippen LogP contribution in [0.15, 0.2) is 47.1 Å². The number of carbonyl (C=O) groups is 1. The highest BCUT2D eigenvalue weighted by Gasteiger charge is 2.10. The second kappa shape index (κ2) is 7.26. The maximum Gasteiger partial charge on any atom is 0.319 e. The minimum Gasteiger partial charge on any atom is -0.469 e. The molecule has 7 nitrogen and oxygen atoms in total. The van der Waals surface area contributed by atoms with Gasteiger partial charge in [-0.1, -0.05) is 6.07 Å². The van der Waals surface area contributed by atoms with Gasteiger partial charge in [-0.05, 0) is 31.5 Å². The van der Waals surface area contributed by atoms with Gasteiger partial charge in [0, 0.05) is 30.3 Å². The van der Waals surface area contributed by atoms with E-state index in [-0.39, 0.29) is 11.7 Å². The minimum absolute atomic E-state index is 0.0520. The quantitative estimate of drug-likeness (QED) is 0.631. The molecule has 1 atom stereocenters. The summed E-state index contributed by atoms with van der Waals surface area (Å²) >= 11 is 0. The fourth-order valence-electron chi connectivity index (χ4n) is 1.97. The van der Waals surface area contributed by atoms with Crippen molar-refractivity contribution in [3.8, 4) is 0 Å². The van der Waals surface area contributed by atoms with E-state index in [1.54, 1.807) is 12.3 Å². The Morgan fingerprint density at radius 2 is 2.18 bits per heavy atom. The number of carbonyl (C=O) groups excluding carboxylic acids is 1. The van der Waals surface area contributed by atoms with Crippen LogP contribution < -0.4 is 10.6 Å². The van der Waals surface area contributed by atoms with Crippen molar-refractivity contribution in [2.45, 2.75) is 25.8 Å². The number of aryl methyl sites for hydroxylation is 1. The van der Waals surface area contributed by atoms with Crippen molar-refractivity contribution in [3.63, 3.8) is 0 Å². The number of nitrogens with zero attached hydrogens (tertiary/aromatic N) is 1. The fourth-order valence-corrected chi connectivity index (χ4v) is 1.97. The van der Waals surface area contributed by atoms with Crippen LogP contribution in [-0.4, -0.2) is 17.0 Å². The molecule has 0 aliphatic rings. The molecule has 0 saturated heterocycles. The number of non-ortho nitro benzene ring substituents is 1. The largest absolute Gasteiger partial charge is 0.469 e. The minimum atomic E-state index is -0.505. The number of nitrogens with one attached hydrogen (secondary N) is 2. The number of nitro groups is 1. The molecular weight excluding hydrogens is 286 g/mol. The first kappa shape index (κ1) is 15.6. The summed E-state index contributed by atoms with van der Waals surface area (Å²) in [6, 6.07) is 9.06. The number of anilines is 1. The molecule has 1 heterocycles. The molecular formula is C15H17N3O4. The van der Waals surface area contributed by atoms with Crippen molar-refractivity contribution < 1.29 is 14.1 Å². The maximum absolute atomic E-state index is 11.8. The van der Waals surface area contributed by atoms with Crippen molar-refractivity contribution in [2.24, 2.45) is 0 Å². The lowest BCUT2D eigenvalue weighted by atomic mass is 10.1. The van der Waals surface area contributed by atoms with Crippen LogP contribution in [0.4, 0.5) is 16.2 Å². The highest BCUT2D eigenvalue weighted by atomic mass is 16.6. The van der Waals surface area contributed by atoms with Crippen LogP contribution in [0.3, 0.4) is 0 Å². The van der Waals surface area contributed by atoms with Gasteiger partial charge >= 0.3 is 6.03 Å². The Hall–Kier alpha value is -2.83. The molecule has 1 aromatic heterocycles. The molecule has 0 saturated carbocycles. The van der Waals surface area contributed by atoms with Gasteiger partial charge in [-0.25, -0.2) is 4.79 Å². The van der Waals surface area contributed by atoms with E-state index in [9.17, 15) is 14.9 Å². The molecule has 0 aliphatic heterocycles. The summed E-state index contributed by atoms with van der Waals surface area (Å²) in [5.74, 6) is 0.868. The second-order valence-electron chi connectivity index (χ2n) is 4.92. The van der Waals surface area contributed by atoms with Crippen molar-refractivity contribution in [2.75, 3.05) is 5.32 Å². The Balaban J connectivity index is 1.81. The molecule has 116 valence electrons. The van der Waals surface area contributed by atoms with Crippen molar-refractivity contribution in [1.29, 1.82) is 0 Å². The SMILES string of the molecule is C[C@H](CCc1ccco1)NC(=O)Nc1cccc([N+](=O)[O-])c1. The molecule has 2 rings (SSSR count). The zero-order chi connectivity index (χ0) is 15.9. The lowest BCUT2D eigenvalue weighted by Gasteiger charge is -2.14. The van der Waals surface area contributed by atoms with Gasteiger partial charge in [0.25, 0.3) is 5.69 Å². The third-order valence-electron chi connectivity index (χ3n) is 3.10. The van der Waals surface area contributed by atoms with Crippen LogP contribution in [0.1, 0.15) is 19.1 Å². The topological polar surface area (TPSA) is 97.4 Å². The highest BCUT2D eigenvalue weighted by molar-refractivity contribution is 5.89. The molecule has 0 unspecified atom stereocenters. The third kappa shape index (κ3) is 4.62. The fraction of sp³-hybridized carbons (Fsp3) is 0.267. The standard InChI is InChI=1S/C15H17N3O4/c1-11(7-8-14-6-3-9-22-14)16-15(19)17-12-4-2-5-13(10-12)18(20)21/h2-6,9-11H,7-8H2,1H3,(H2,16,17,19)/t11-/m1/s1. The van der Waals surface area contributed by atoms with Crippen molar-refractivity contribution in [1.82, 2.24) is 5.32 Å². The van der Waals surface area contributed by atoms with Crippen LogP contribution in [0.25, 0.3) is 0 Å². The molecule has 2 amide bonds. The van der Waals surface area contributed by atoms with E-state index in [0.29, 0.717) is 5.69 Å². The number of furan rings is 1. The molecule has 0 aliphatic carbocycles. The lowest BCUT2D eigenvalue weighted by molar-refractivity contribution is -0.384. The molecule has 7 heteroatoms. The first-order valence-corrected chi connectivity index (χ1v) is 6.89. The average Bonchev–Trinajstić information content (AvgIpc) is 2.98. The summed E-state index contributed by atoms with van der Waals surface area (Å²) in [5, 5.41) is 16.0. The van der Waals surface area contributed by atoms with Gasteiger partial charge in [0.1, 0.15) is 5.76 Å². The van der Waals surface area contributed by atoms with Gasteiger partial charge in [-0.2, -0.15) is 0 Å². The van der Waals surface area contributed by atoms with E-state index in [1.165, 1.54) is 18.2 Å². The van der Waals surface area contributed by atoms with Crippen LogP contribution in [0.2, 0.25) is 0 Å². The monoisotopic (exact) mass is 303 g/mol. The molecule has 0 bridgehead atoms. The summed E-state index contributed by atoms with van der Waals surface area (Å²) in [6.07, 6.45) is 3.07. The number of urea groups is 1. The van der Waals surface area contributed by atoms with Gasteiger partial charge in [0.05, 0.1) is 11.2 Å². The molecule has 0 spiro atoms. The van der Waals surface area contributed by atoms with E-state index in [4.69, 9.17) is 4.42 Å². The average molecular weight is 303 g/mol. The molecule has 1 aromatic carbocycles. The van der Waals surface area contributed by atoms with Gasteiger partial charge in [-0.3, -0.25) is 10.1 Å². The maximum atomic E-state index is 11.8. The first-order valence-electron chi connectivity index (χ1n) is 6.89. The smallest absolute Gasteiger partial charge is 0.319 e. The van der Waals surface area contributed by atoms with Gasteiger partial charge in [0.2, 0.25) is 0 Å². The third-order valence-corrected chi connectivity index (χ3v) is 3.10. The Morgan fingerprint density at radius 1 is 1.36 bits per heavy atom. The van der Waals surface area contributed by atoms with E-state index in [2.05, 4.69) is 10.6 Å². The summed E-state index contributed by atoms with van der Waals surface area (Å²) in [6.45, 7) is 1.88. The van der Waals surface area contributed by atoms with Crippen molar-refractivity contribution in [3.05, 3.63) is 58.5 Å². The Bertz CT molecular complexity index is 640. The Labute approximate surface area is 127 Å².